The largest absolute Gasteiger partial charge is 0.444 e. The highest BCUT2D eigenvalue weighted by molar-refractivity contribution is 6.31. The van der Waals surface area contributed by atoms with E-state index in [1.807, 2.05) is 13.0 Å². The van der Waals surface area contributed by atoms with Crippen LogP contribution in [0.4, 0.5) is 4.79 Å². The Morgan fingerprint density at radius 3 is 2.63 bits per heavy atom. The summed E-state index contributed by atoms with van der Waals surface area (Å²) < 4.78 is 12.5. The number of nitrogens with zero attached hydrogens (tertiary/aromatic N) is 2. The van der Waals surface area contributed by atoms with E-state index in [9.17, 15) is 9.59 Å². The minimum atomic E-state index is -0.616. The number of carbonyl (C=O) groups excluding carboxylic acids is 2. The predicted octanol–water partition coefficient (Wildman–Crippen LogP) is 4.42. The van der Waals surface area contributed by atoms with E-state index in [2.05, 4.69) is 15.4 Å². The van der Waals surface area contributed by atoms with E-state index in [1.54, 1.807) is 51.6 Å². The van der Waals surface area contributed by atoms with E-state index in [4.69, 9.17) is 21.1 Å². The molecule has 3 aromatic rings. The summed E-state index contributed by atoms with van der Waals surface area (Å²) in [6.07, 6.45) is -0.577. The number of H-pyrrole nitrogens is 1. The van der Waals surface area contributed by atoms with E-state index in [-0.39, 0.29) is 6.54 Å². The molecular formula is C21H25ClN4O4. The lowest BCUT2D eigenvalue weighted by Crippen LogP contribution is -2.32. The molecule has 0 bridgehead atoms. The van der Waals surface area contributed by atoms with Gasteiger partial charge in [-0.2, -0.15) is 5.10 Å². The number of hydrogen-bond acceptors (Lipinski definition) is 5. The maximum absolute atomic E-state index is 12.9. The average Bonchev–Trinajstić information content (AvgIpc) is 3.10. The first-order valence-corrected chi connectivity index (χ1v) is 9.83. The Labute approximate surface area is 179 Å². The fraction of sp³-hybridized carbons (Fsp3) is 0.381. The van der Waals surface area contributed by atoms with Gasteiger partial charge in [-0.15, -0.1) is 0 Å². The quantitative estimate of drug-likeness (QED) is 0.595. The number of fused-ring (bicyclic) bond motifs is 1. The number of nitrogens with one attached hydrogen (secondary N) is 2. The number of aromatic amines is 1. The van der Waals surface area contributed by atoms with Gasteiger partial charge in [0, 0.05) is 23.0 Å². The van der Waals surface area contributed by atoms with Crippen LogP contribution < -0.4 is 10.1 Å². The van der Waals surface area contributed by atoms with Gasteiger partial charge in [-0.05, 0) is 58.4 Å². The number of hydrogen-bond donors (Lipinski definition) is 2. The number of esters is 1. The molecule has 8 nitrogen and oxygen atoms in total. The molecule has 3 rings (SSSR count). The molecule has 0 aliphatic carbocycles. The molecule has 0 saturated heterocycles. The van der Waals surface area contributed by atoms with Crippen molar-refractivity contribution in [2.24, 2.45) is 7.05 Å². The van der Waals surface area contributed by atoms with Gasteiger partial charge in [0.2, 0.25) is 0 Å². The zero-order valence-corrected chi connectivity index (χ0v) is 18.6. The summed E-state index contributed by atoms with van der Waals surface area (Å²) in [5.41, 5.74) is 2.33. The van der Waals surface area contributed by atoms with Gasteiger partial charge < -0.3 is 19.8 Å². The van der Waals surface area contributed by atoms with Crippen molar-refractivity contribution in [3.8, 4) is 5.75 Å². The lowest BCUT2D eigenvalue weighted by Gasteiger charge is -2.19. The van der Waals surface area contributed by atoms with E-state index >= 15 is 0 Å². The van der Waals surface area contributed by atoms with Crippen LogP contribution >= 0.6 is 11.6 Å². The Morgan fingerprint density at radius 1 is 1.27 bits per heavy atom. The van der Waals surface area contributed by atoms with Gasteiger partial charge >= 0.3 is 12.1 Å². The molecule has 0 radical (unpaired) electrons. The van der Waals surface area contributed by atoms with Gasteiger partial charge in [-0.1, -0.05) is 11.6 Å². The minimum absolute atomic E-state index is 0.0561. The van der Waals surface area contributed by atoms with Gasteiger partial charge in [0.15, 0.2) is 5.75 Å². The number of alkyl carbamates (subject to hydrolysis) is 1. The molecule has 2 aromatic heterocycles. The van der Waals surface area contributed by atoms with Gasteiger partial charge in [0.1, 0.15) is 17.0 Å². The van der Waals surface area contributed by atoms with Crippen LogP contribution in [0.15, 0.2) is 18.2 Å². The Bertz CT molecular complexity index is 1120. The summed E-state index contributed by atoms with van der Waals surface area (Å²) in [5, 5.41) is 8.42. The van der Waals surface area contributed by atoms with Crippen molar-refractivity contribution in [2.75, 3.05) is 0 Å². The topological polar surface area (TPSA) is 98.2 Å². The summed E-state index contributed by atoms with van der Waals surface area (Å²) in [5.74, 6) is -0.246. The second kappa shape index (κ2) is 8.02. The average molecular weight is 433 g/mol. The number of amides is 1. The molecule has 2 N–H and O–H groups in total. The SMILES string of the molecule is Cc1c(C(=O)Oc2c(CNC(=O)OC(C)(C)C)nn(C)c2C)[nH]c2ccc(Cl)cc12. The van der Waals surface area contributed by atoms with Crippen molar-refractivity contribution in [2.45, 2.75) is 46.8 Å². The summed E-state index contributed by atoms with van der Waals surface area (Å²) in [6.45, 7) is 9.00. The second-order valence-electron chi connectivity index (χ2n) is 8.04. The normalized spacial score (nSPS) is 11.6. The molecule has 0 spiro atoms. The predicted molar refractivity (Wildman–Crippen MR) is 114 cm³/mol. The highest BCUT2D eigenvalue weighted by atomic mass is 35.5. The fourth-order valence-corrected chi connectivity index (χ4v) is 3.19. The number of benzene rings is 1. The van der Waals surface area contributed by atoms with E-state index in [1.165, 1.54) is 0 Å². The van der Waals surface area contributed by atoms with Crippen molar-refractivity contribution < 1.29 is 19.1 Å². The molecule has 1 aromatic carbocycles. The monoisotopic (exact) mass is 432 g/mol. The molecule has 30 heavy (non-hydrogen) atoms. The maximum atomic E-state index is 12.9. The van der Waals surface area contributed by atoms with Crippen LogP contribution in [0.2, 0.25) is 5.02 Å². The molecule has 0 atom stereocenters. The zero-order valence-electron chi connectivity index (χ0n) is 17.8. The van der Waals surface area contributed by atoms with E-state index < -0.39 is 17.7 Å². The Hall–Kier alpha value is -3.00. The molecular weight excluding hydrogens is 408 g/mol. The number of halogens is 1. The molecule has 9 heteroatoms. The minimum Gasteiger partial charge on any atom is -0.444 e. The number of aromatic nitrogens is 3. The van der Waals surface area contributed by atoms with E-state index in [0.717, 1.165) is 16.5 Å². The van der Waals surface area contributed by atoms with E-state index in [0.29, 0.717) is 27.9 Å². The van der Waals surface area contributed by atoms with Crippen LogP contribution in [-0.2, 0) is 18.3 Å². The highest BCUT2D eigenvalue weighted by Crippen LogP contribution is 2.28. The third-order valence-electron chi connectivity index (χ3n) is 4.57. The number of aryl methyl sites for hydroxylation is 2. The molecule has 2 heterocycles. The number of rotatable bonds is 4. The fourth-order valence-electron chi connectivity index (χ4n) is 3.02. The summed E-state index contributed by atoms with van der Waals surface area (Å²) >= 11 is 6.07. The number of carbonyl (C=O) groups is 2. The van der Waals surface area contributed by atoms with Crippen LogP contribution in [0.5, 0.6) is 5.75 Å². The Kier molecular flexibility index (Phi) is 5.81. The highest BCUT2D eigenvalue weighted by Gasteiger charge is 2.23. The van der Waals surface area contributed by atoms with Gasteiger partial charge in [0.25, 0.3) is 0 Å². The standard InChI is InChI=1S/C21H25ClN4O4/c1-11-14-9-13(22)7-8-15(14)24-17(11)19(27)29-18-12(2)26(6)25-16(18)10-23-20(28)30-21(3,4)5/h7-9,24H,10H2,1-6H3,(H,23,28). The molecule has 1 amide bonds. The van der Waals surface area contributed by atoms with Crippen molar-refractivity contribution in [1.82, 2.24) is 20.1 Å². The Morgan fingerprint density at radius 2 is 1.97 bits per heavy atom. The summed E-state index contributed by atoms with van der Waals surface area (Å²) in [4.78, 5) is 27.9. The lowest BCUT2D eigenvalue weighted by atomic mass is 10.1. The first-order chi connectivity index (χ1) is 14.0. The van der Waals surface area contributed by atoms with Crippen molar-refractivity contribution in [1.29, 1.82) is 0 Å². The maximum Gasteiger partial charge on any atom is 0.407 e. The van der Waals surface area contributed by atoms with Crippen molar-refractivity contribution >= 4 is 34.6 Å². The third-order valence-corrected chi connectivity index (χ3v) is 4.80. The van der Waals surface area contributed by atoms with Crippen LogP contribution in [0.3, 0.4) is 0 Å². The summed E-state index contributed by atoms with van der Waals surface area (Å²) in [7, 11) is 1.74. The van der Waals surface area contributed by atoms with Gasteiger partial charge in [-0.3, -0.25) is 4.68 Å². The van der Waals surface area contributed by atoms with Crippen LogP contribution in [-0.4, -0.2) is 32.4 Å². The molecule has 0 fully saturated rings. The van der Waals surface area contributed by atoms with Crippen molar-refractivity contribution in [3.63, 3.8) is 0 Å². The molecule has 0 aliphatic rings. The van der Waals surface area contributed by atoms with Crippen LogP contribution in [0.1, 0.15) is 48.2 Å². The van der Waals surface area contributed by atoms with Crippen LogP contribution in [0.25, 0.3) is 10.9 Å². The second-order valence-corrected chi connectivity index (χ2v) is 8.48. The molecule has 0 unspecified atom stereocenters. The van der Waals surface area contributed by atoms with Crippen LogP contribution in [0, 0.1) is 13.8 Å². The lowest BCUT2D eigenvalue weighted by molar-refractivity contribution is 0.0522. The number of ether oxygens (including phenoxy) is 2. The molecule has 0 aliphatic heterocycles. The first kappa shape index (κ1) is 21.7. The molecule has 0 saturated carbocycles. The molecule has 160 valence electrons. The smallest absolute Gasteiger partial charge is 0.407 e. The Balaban J connectivity index is 1.82. The van der Waals surface area contributed by atoms with Crippen molar-refractivity contribution in [3.05, 3.63) is 45.9 Å². The third kappa shape index (κ3) is 4.59. The van der Waals surface area contributed by atoms with Gasteiger partial charge in [-0.25, -0.2) is 9.59 Å². The zero-order chi connectivity index (χ0) is 22.2. The summed E-state index contributed by atoms with van der Waals surface area (Å²) in [6, 6.07) is 5.36. The first-order valence-electron chi connectivity index (χ1n) is 9.45. The van der Waals surface area contributed by atoms with Gasteiger partial charge in [0.05, 0.1) is 12.2 Å².